The van der Waals surface area contributed by atoms with Crippen molar-refractivity contribution in [3.63, 3.8) is 0 Å². The van der Waals surface area contributed by atoms with E-state index in [1.54, 1.807) is 30.5 Å². The quantitative estimate of drug-likeness (QED) is 0.446. The number of aryl methyl sites for hydroxylation is 1. The number of hydrogen-bond acceptors (Lipinski definition) is 5. The van der Waals surface area contributed by atoms with Gasteiger partial charge in [0, 0.05) is 19.2 Å². The van der Waals surface area contributed by atoms with E-state index in [1.165, 1.54) is 6.21 Å². The third kappa shape index (κ3) is 2.93. The van der Waals surface area contributed by atoms with Crippen LogP contribution in [0.1, 0.15) is 17.7 Å². The Labute approximate surface area is 126 Å². The maximum atomic E-state index is 11.9. The zero-order valence-corrected chi connectivity index (χ0v) is 11.9. The molecule has 3 aromatic rings. The van der Waals surface area contributed by atoms with Crippen molar-refractivity contribution in [2.45, 2.75) is 12.8 Å². The van der Waals surface area contributed by atoms with Crippen molar-refractivity contribution in [3.05, 3.63) is 64.4 Å². The second-order valence-electron chi connectivity index (χ2n) is 4.87. The molecular weight excluding hydrogens is 282 g/mol. The van der Waals surface area contributed by atoms with Crippen molar-refractivity contribution < 1.29 is 13.9 Å². The van der Waals surface area contributed by atoms with E-state index in [9.17, 15) is 9.90 Å². The lowest BCUT2D eigenvalue weighted by atomic mass is 10.1. The van der Waals surface area contributed by atoms with Crippen LogP contribution in [0.4, 0.5) is 0 Å². The largest absolute Gasteiger partial charge is 0.506 e. The summed E-state index contributed by atoms with van der Waals surface area (Å²) in [6.45, 7) is 0.534. The molecule has 0 atom stereocenters. The number of furan rings is 1. The minimum absolute atomic E-state index is 0.0803. The number of aromatic hydroxyl groups is 1. The van der Waals surface area contributed by atoms with Crippen LogP contribution in [0.25, 0.3) is 11.0 Å². The lowest BCUT2D eigenvalue weighted by molar-refractivity contribution is 0.466. The van der Waals surface area contributed by atoms with E-state index in [2.05, 4.69) is 4.99 Å². The highest BCUT2D eigenvalue weighted by Gasteiger charge is 2.11. The summed E-state index contributed by atoms with van der Waals surface area (Å²) < 4.78 is 10.4. The first-order valence-electron chi connectivity index (χ1n) is 7.03. The van der Waals surface area contributed by atoms with Crippen molar-refractivity contribution in [1.29, 1.82) is 0 Å². The van der Waals surface area contributed by atoms with E-state index in [-0.39, 0.29) is 11.3 Å². The first-order chi connectivity index (χ1) is 10.8. The molecule has 0 aliphatic heterocycles. The molecule has 0 saturated heterocycles. The van der Waals surface area contributed by atoms with Gasteiger partial charge in [0.15, 0.2) is 0 Å². The van der Waals surface area contributed by atoms with Gasteiger partial charge in [-0.05, 0) is 30.7 Å². The number of hydrogen-bond donors (Lipinski definition) is 1. The van der Waals surface area contributed by atoms with Gasteiger partial charge in [0.1, 0.15) is 22.7 Å². The minimum Gasteiger partial charge on any atom is -0.506 e. The monoisotopic (exact) mass is 297 g/mol. The van der Waals surface area contributed by atoms with Gasteiger partial charge in [-0.3, -0.25) is 4.99 Å². The Bertz CT molecular complexity index is 847. The van der Waals surface area contributed by atoms with Crippen LogP contribution in [0.15, 0.2) is 61.3 Å². The number of nitrogens with zero attached hydrogens (tertiary/aromatic N) is 1. The number of fused-ring (bicyclic) bond motifs is 1. The molecule has 0 radical (unpaired) electrons. The van der Waals surface area contributed by atoms with E-state index >= 15 is 0 Å². The Morgan fingerprint density at radius 3 is 2.86 bits per heavy atom. The minimum atomic E-state index is -0.592. The van der Waals surface area contributed by atoms with Crippen LogP contribution >= 0.6 is 0 Å². The van der Waals surface area contributed by atoms with Crippen LogP contribution < -0.4 is 5.63 Å². The van der Waals surface area contributed by atoms with Crippen LogP contribution in [-0.2, 0) is 6.42 Å². The van der Waals surface area contributed by atoms with Gasteiger partial charge in [-0.25, -0.2) is 4.79 Å². The van der Waals surface area contributed by atoms with Gasteiger partial charge in [0.05, 0.1) is 11.6 Å². The van der Waals surface area contributed by atoms with Crippen LogP contribution in [0, 0.1) is 0 Å². The maximum Gasteiger partial charge on any atom is 0.348 e. The van der Waals surface area contributed by atoms with E-state index in [4.69, 9.17) is 8.83 Å². The molecule has 0 bridgehead atoms. The first kappa shape index (κ1) is 14.1. The Balaban J connectivity index is 1.73. The molecule has 22 heavy (non-hydrogen) atoms. The van der Waals surface area contributed by atoms with Crippen LogP contribution in [0.3, 0.4) is 0 Å². The fourth-order valence-corrected chi connectivity index (χ4v) is 2.22. The SMILES string of the molecule is O=c1oc2ccccc2c(O)c1C=NCCCc1ccco1. The summed E-state index contributed by atoms with van der Waals surface area (Å²) in [6, 6.07) is 10.6. The summed E-state index contributed by atoms with van der Waals surface area (Å²) in [5.74, 6) is 0.810. The predicted molar refractivity (Wildman–Crippen MR) is 83.6 cm³/mol. The second-order valence-corrected chi connectivity index (χ2v) is 4.87. The van der Waals surface area contributed by atoms with Gasteiger partial charge in [-0.2, -0.15) is 0 Å². The summed E-state index contributed by atoms with van der Waals surface area (Å²) in [6.07, 6.45) is 4.58. The number of aliphatic imine (C=N–C) groups is 1. The fraction of sp³-hybridized carbons (Fsp3) is 0.176. The third-order valence-corrected chi connectivity index (χ3v) is 3.33. The van der Waals surface area contributed by atoms with Gasteiger partial charge in [-0.1, -0.05) is 12.1 Å². The van der Waals surface area contributed by atoms with Crippen LogP contribution in [0.2, 0.25) is 0 Å². The predicted octanol–water partition coefficient (Wildman–Crippen LogP) is 3.14. The van der Waals surface area contributed by atoms with Gasteiger partial charge in [0.25, 0.3) is 0 Å². The maximum absolute atomic E-state index is 11.9. The van der Waals surface area contributed by atoms with E-state index in [1.807, 2.05) is 12.1 Å². The molecule has 1 N–H and O–H groups in total. The Morgan fingerprint density at radius 2 is 2.05 bits per heavy atom. The molecular formula is C17H15NO4. The highest BCUT2D eigenvalue weighted by atomic mass is 16.4. The lowest BCUT2D eigenvalue weighted by Gasteiger charge is -2.02. The molecule has 0 unspecified atom stereocenters. The van der Waals surface area contributed by atoms with Crippen molar-refractivity contribution in [3.8, 4) is 5.75 Å². The lowest BCUT2D eigenvalue weighted by Crippen LogP contribution is -2.07. The number of rotatable bonds is 5. The van der Waals surface area contributed by atoms with Gasteiger partial charge >= 0.3 is 5.63 Å². The van der Waals surface area contributed by atoms with E-state index in [0.717, 1.165) is 18.6 Å². The van der Waals surface area contributed by atoms with Crippen LogP contribution in [0.5, 0.6) is 5.75 Å². The summed E-state index contributed by atoms with van der Waals surface area (Å²) in [4.78, 5) is 16.1. The molecule has 3 rings (SSSR count). The van der Waals surface area contributed by atoms with Crippen molar-refractivity contribution in [2.75, 3.05) is 6.54 Å². The van der Waals surface area contributed by atoms with Gasteiger partial charge < -0.3 is 13.9 Å². The van der Waals surface area contributed by atoms with E-state index < -0.39 is 5.63 Å². The van der Waals surface area contributed by atoms with Crippen molar-refractivity contribution in [2.24, 2.45) is 4.99 Å². The Hall–Kier alpha value is -2.82. The zero-order valence-electron chi connectivity index (χ0n) is 11.9. The number of benzene rings is 1. The van der Waals surface area contributed by atoms with Crippen molar-refractivity contribution >= 4 is 17.2 Å². The van der Waals surface area contributed by atoms with E-state index in [0.29, 0.717) is 17.5 Å². The molecule has 0 fully saturated rings. The molecule has 1 aromatic carbocycles. The first-order valence-corrected chi connectivity index (χ1v) is 7.03. The molecule has 2 aromatic heterocycles. The van der Waals surface area contributed by atoms with Crippen molar-refractivity contribution in [1.82, 2.24) is 0 Å². The smallest absolute Gasteiger partial charge is 0.348 e. The molecule has 0 aliphatic rings. The molecule has 2 heterocycles. The molecule has 5 nitrogen and oxygen atoms in total. The molecule has 5 heteroatoms. The normalized spacial score (nSPS) is 11.5. The van der Waals surface area contributed by atoms with Gasteiger partial charge in [-0.15, -0.1) is 0 Å². The summed E-state index contributed by atoms with van der Waals surface area (Å²) in [5.41, 5.74) is -0.150. The Kier molecular flexibility index (Phi) is 4.05. The number of para-hydroxylation sites is 1. The topological polar surface area (TPSA) is 75.9 Å². The Morgan fingerprint density at radius 1 is 1.18 bits per heavy atom. The zero-order chi connectivity index (χ0) is 15.4. The average molecular weight is 297 g/mol. The standard InChI is InChI=1S/C17H15NO4/c19-16-13-7-1-2-8-15(13)22-17(20)14(16)11-18-9-3-5-12-6-4-10-21-12/h1-2,4,6-8,10-11,19H,3,5,9H2. The second kappa shape index (κ2) is 6.30. The summed E-state index contributed by atoms with van der Waals surface area (Å²) in [5, 5.41) is 10.7. The summed E-state index contributed by atoms with van der Waals surface area (Å²) in [7, 11) is 0. The molecule has 0 amide bonds. The molecule has 0 saturated carbocycles. The molecule has 112 valence electrons. The fourth-order valence-electron chi connectivity index (χ4n) is 2.22. The highest BCUT2D eigenvalue weighted by molar-refractivity contribution is 5.93. The molecule has 0 spiro atoms. The van der Waals surface area contributed by atoms with Gasteiger partial charge in [0.2, 0.25) is 0 Å². The van der Waals surface area contributed by atoms with Crippen LogP contribution in [-0.4, -0.2) is 17.9 Å². The third-order valence-electron chi connectivity index (χ3n) is 3.33. The average Bonchev–Trinajstić information content (AvgIpc) is 3.03. The molecule has 0 aliphatic carbocycles. The summed E-state index contributed by atoms with van der Waals surface area (Å²) >= 11 is 0. The highest BCUT2D eigenvalue weighted by Crippen LogP contribution is 2.24.